The van der Waals surface area contributed by atoms with Crippen LogP contribution in [0.3, 0.4) is 0 Å². The van der Waals surface area contributed by atoms with E-state index in [-0.39, 0.29) is 11.9 Å². The first kappa shape index (κ1) is 17.6. The highest BCUT2D eigenvalue weighted by atomic mass is 19.1. The van der Waals surface area contributed by atoms with Gasteiger partial charge in [-0.25, -0.2) is 9.18 Å². The van der Waals surface area contributed by atoms with Gasteiger partial charge in [0.15, 0.2) is 0 Å². The van der Waals surface area contributed by atoms with Crippen LogP contribution in [0, 0.1) is 18.7 Å². The van der Waals surface area contributed by atoms with Gasteiger partial charge in [-0.05, 0) is 70.2 Å². The van der Waals surface area contributed by atoms with Gasteiger partial charge in [-0.2, -0.15) is 0 Å². The van der Waals surface area contributed by atoms with Gasteiger partial charge >= 0.3 is 6.09 Å². The van der Waals surface area contributed by atoms with Crippen molar-refractivity contribution in [1.82, 2.24) is 4.90 Å². The number of piperidine rings is 1. The fraction of sp³-hybridized carbons (Fsp3) is 0.611. The molecule has 0 radical (unpaired) electrons. The lowest BCUT2D eigenvalue weighted by Gasteiger charge is -2.34. The number of rotatable bonds is 3. The van der Waals surface area contributed by atoms with Gasteiger partial charge in [0.1, 0.15) is 11.4 Å². The molecule has 0 spiro atoms. The Morgan fingerprint density at radius 1 is 1.39 bits per heavy atom. The molecule has 1 saturated heterocycles. The molecule has 1 fully saturated rings. The summed E-state index contributed by atoms with van der Waals surface area (Å²) >= 11 is 0. The molecule has 1 unspecified atom stereocenters. The second-order valence-electron chi connectivity index (χ2n) is 7.33. The average molecular weight is 322 g/mol. The smallest absolute Gasteiger partial charge is 0.410 e. The van der Waals surface area contributed by atoms with Crippen LogP contribution in [0.5, 0.6) is 0 Å². The number of nitrogens with zero attached hydrogens (tertiary/aromatic N) is 1. The Kier molecular flexibility index (Phi) is 5.50. The van der Waals surface area contributed by atoms with Crippen molar-refractivity contribution in [3.05, 3.63) is 29.6 Å². The second kappa shape index (κ2) is 7.20. The molecule has 1 atom stereocenters. The summed E-state index contributed by atoms with van der Waals surface area (Å²) in [5, 5.41) is 3.28. The molecule has 5 heteroatoms. The Morgan fingerprint density at radius 3 is 2.78 bits per heavy atom. The Hall–Kier alpha value is -1.78. The summed E-state index contributed by atoms with van der Waals surface area (Å²) in [6.07, 6.45) is 1.78. The van der Waals surface area contributed by atoms with Crippen molar-refractivity contribution in [2.45, 2.75) is 46.1 Å². The maximum absolute atomic E-state index is 13.4. The molecule has 2 rings (SSSR count). The van der Waals surface area contributed by atoms with E-state index in [1.54, 1.807) is 4.90 Å². The number of carbonyl (C=O) groups excluding carboxylic acids is 1. The quantitative estimate of drug-likeness (QED) is 0.907. The third-order valence-electron chi connectivity index (χ3n) is 3.81. The van der Waals surface area contributed by atoms with Crippen LogP contribution in [-0.4, -0.2) is 36.2 Å². The van der Waals surface area contributed by atoms with E-state index in [0.717, 1.165) is 37.2 Å². The minimum Gasteiger partial charge on any atom is -0.444 e. The number of anilines is 1. The van der Waals surface area contributed by atoms with E-state index in [4.69, 9.17) is 4.74 Å². The van der Waals surface area contributed by atoms with Gasteiger partial charge in [-0.15, -0.1) is 0 Å². The van der Waals surface area contributed by atoms with E-state index in [1.165, 1.54) is 12.1 Å². The van der Waals surface area contributed by atoms with Crippen LogP contribution in [0.4, 0.5) is 14.9 Å². The number of hydrogen-bond donors (Lipinski definition) is 1. The zero-order valence-corrected chi connectivity index (χ0v) is 14.5. The number of hydrogen-bond acceptors (Lipinski definition) is 3. The number of likely N-dealkylation sites (tertiary alicyclic amines) is 1. The predicted molar refractivity (Wildman–Crippen MR) is 90.2 cm³/mol. The second-order valence-corrected chi connectivity index (χ2v) is 7.33. The molecule has 1 N–H and O–H groups in total. The third kappa shape index (κ3) is 5.73. The molecule has 128 valence electrons. The number of aryl methyl sites for hydroxylation is 1. The summed E-state index contributed by atoms with van der Waals surface area (Å²) < 4.78 is 18.8. The van der Waals surface area contributed by atoms with Gasteiger partial charge in [-0.3, -0.25) is 0 Å². The van der Waals surface area contributed by atoms with Crippen molar-refractivity contribution in [3.8, 4) is 0 Å². The molecule has 1 aliphatic heterocycles. The molecule has 1 aliphatic rings. The maximum atomic E-state index is 13.4. The SMILES string of the molecule is Cc1cc(F)cc(NCC2CCCN(C(=O)OC(C)(C)C)C2)c1. The maximum Gasteiger partial charge on any atom is 0.410 e. The van der Waals surface area contributed by atoms with Crippen LogP contribution in [0.2, 0.25) is 0 Å². The highest BCUT2D eigenvalue weighted by Crippen LogP contribution is 2.21. The fourth-order valence-corrected chi connectivity index (χ4v) is 2.82. The standard InChI is InChI=1S/C18H27FN2O2/c1-13-8-15(19)10-16(9-13)20-11-14-6-5-7-21(12-14)17(22)23-18(2,3)4/h8-10,14,20H,5-7,11-12H2,1-4H3. The van der Waals surface area contributed by atoms with E-state index in [9.17, 15) is 9.18 Å². The first-order valence-electron chi connectivity index (χ1n) is 8.22. The fourth-order valence-electron chi connectivity index (χ4n) is 2.82. The molecule has 0 aliphatic carbocycles. The van der Waals surface area contributed by atoms with Gasteiger partial charge in [-0.1, -0.05) is 0 Å². The number of nitrogens with one attached hydrogen (secondary N) is 1. The van der Waals surface area contributed by atoms with Gasteiger partial charge in [0.05, 0.1) is 0 Å². The summed E-state index contributed by atoms with van der Waals surface area (Å²) in [5.41, 5.74) is 1.21. The Labute approximate surface area is 138 Å². The lowest BCUT2D eigenvalue weighted by Crippen LogP contribution is -2.44. The van der Waals surface area contributed by atoms with Crippen LogP contribution < -0.4 is 5.32 Å². The molecule has 0 aromatic heterocycles. The van der Waals surface area contributed by atoms with E-state index < -0.39 is 5.60 Å². The first-order chi connectivity index (χ1) is 10.7. The van der Waals surface area contributed by atoms with Crippen LogP contribution in [0.15, 0.2) is 18.2 Å². The Balaban J connectivity index is 1.87. The number of amides is 1. The van der Waals surface area contributed by atoms with Crippen molar-refractivity contribution in [3.63, 3.8) is 0 Å². The molecular weight excluding hydrogens is 295 g/mol. The van der Waals surface area contributed by atoms with E-state index in [0.29, 0.717) is 12.5 Å². The van der Waals surface area contributed by atoms with Crippen molar-refractivity contribution < 1.29 is 13.9 Å². The van der Waals surface area contributed by atoms with Crippen molar-refractivity contribution in [2.24, 2.45) is 5.92 Å². The molecule has 4 nitrogen and oxygen atoms in total. The van der Waals surface area contributed by atoms with Crippen molar-refractivity contribution in [2.75, 3.05) is 25.0 Å². The van der Waals surface area contributed by atoms with Crippen molar-refractivity contribution >= 4 is 11.8 Å². The topological polar surface area (TPSA) is 41.6 Å². The summed E-state index contributed by atoms with van der Waals surface area (Å²) in [5.74, 6) is 0.117. The number of benzene rings is 1. The summed E-state index contributed by atoms with van der Waals surface area (Å²) in [6.45, 7) is 9.64. The summed E-state index contributed by atoms with van der Waals surface area (Å²) in [4.78, 5) is 13.9. The molecule has 23 heavy (non-hydrogen) atoms. The van der Waals surface area contributed by atoms with E-state index in [1.807, 2.05) is 33.8 Å². The van der Waals surface area contributed by atoms with Gasteiger partial charge in [0, 0.05) is 25.3 Å². The molecule has 0 bridgehead atoms. The molecule has 1 amide bonds. The highest BCUT2D eigenvalue weighted by Gasteiger charge is 2.27. The van der Waals surface area contributed by atoms with Crippen LogP contribution in [-0.2, 0) is 4.74 Å². The van der Waals surface area contributed by atoms with Crippen LogP contribution in [0.25, 0.3) is 0 Å². The molecule has 1 heterocycles. The minimum absolute atomic E-state index is 0.230. The number of carbonyl (C=O) groups is 1. The summed E-state index contributed by atoms with van der Waals surface area (Å²) in [7, 11) is 0. The zero-order valence-electron chi connectivity index (χ0n) is 14.5. The highest BCUT2D eigenvalue weighted by molar-refractivity contribution is 5.68. The van der Waals surface area contributed by atoms with E-state index >= 15 is 0 Å². The minimum atomic E-state index is -0.471. The van der Waals surface area contributed by atoms with Crippen LogP contribution >= 0.6 is 0 Å². The van der Waals surface area contributed by atoms with Gasteiger partial charge < -0.3 is 15.0 Å². The number of ether oxygens (including phenoxy) is 1. The van der Waals surface area contributed by atoms with Gasteiger partial charge in [0.25, 0.3) is 0 Å². The Morgan fingerprint density at radius 2 is 2.13 bits per heavy atom. The lowest BCUT2D eigenvalue weighted by molar-refractivity contribution is 0.0172. The first-order valence-corrected chi connectivity index (χ1v) is 8.22. The van der Waals surface area contributed by atoms with Gasteiger partial charge in [0.2, 0.25) is 0 Å². The normalized spacial score (nSPS) is 18.7. The molecule has 1 aromatic carbocycles. The van der Waals surface area contributed by atoms with Crippen molar-refractivity contribution in [1.29, 1.82) is 0 Å². The molecule has 0 saturated carbocycles. The monoisotopic (exact) mass is 322 g/mol. The Bertz CT molecular complexity index is 534. The number of halogens is 1. The zero-order chi connectivity index (χ0) is 17.0. The molecular formula is C18H27FN2O2. The average Bonchev–Trinajstić information content (AvgIpc) is 2.43. The molecule has 1 aromatic rings. The largest absolute Gasteiger partial charge is 0.444 e. The predicted octanol–water partition coefficient (Wildman–Crippen LogP) is 4.19. The van der Waals surface area contributed by atoms with Crippen LogP contribution in [0.1, 0.15) is 39.2 Å². The van der Waals surface area contributed by atoms with E-state index in [2.05, 4.69) is 5.32 Å². The third-order valence-corrected chi connectivity index (χ3v) is 3.81. The summed E-state index contributed by atoms with van der Waals surface area (Å²) in [6, 6.07) is 4.94. The lowest BCUT2D eigenvalue weighted by atomic mass is 9.98.